The van der Waals surface area contributed by atoms with E-state index in [9.17, 15) is 14.0 Å². The number of thioether (sulfide) groups is 1. The first-order valence-electron chi connectivity index (χ1n) is 10.5. The average molecular weight is 429 g/mol. The lowest BCUT2D eigenvalue weighted by atomic mass is 9.92. The first-order chi connectivity index (χ1) is 14.4. The first kappa shape index (κ1) is 22.3. The van der Waals surface area contributed by atoms with Crippen LogP contribution in [0, 0.1) is 11.7 Å². The quantitative estimate of drug-likeness (QED) is 0.500. The Kier molecular flexibility index (Phi) is 7.91. The van der Waals surface area contributed by atoms with Gasteiger partial charge in [0.25, 0.3) is 0 Å². The minimum absolute atomic E-state index is 0.0338. The lowest BCUT2D eigenvalue weighted by molar-refractivity contribution is -0.142. The van der Waals surface area contributed by atoms with Crippen LogP contribution >= 0.6 is 11.8 Å². The second kappa shape index (κ2) is 10.6. The van der Waals surface area contributed by atoms with Crippen molar-refractivity contribution in [2.45, 2.75) is 50.6 Å². The van der Waals surface area contributed by atoms with Crippen LogP contribution in [-0.4, -0.2) is 35.1 Å². The van der Waals surface area contributed by atoms with E-state index >= 15 is 0 Å². The number of rotatable bonds is 8. The zero-order chi connectivity index (χ0) is 21.5. The van der Waals surface area contributed by atoms with Crippen LogP contribution < -0.4 is 5.32 Å². The summed E-state index contributed by atoms with van der Waals surface area (Å²) in [6.45, 7) is 5.07. The van der Waals surface area contributed by atoms with Gasteiger partial charge in [-0.2, -0.15) is 0 Å². The average Bonchev–Trinajstić information content (AvgIpc) is 2.73. The minimum Gasteiger partial charge on any atom is -0.354 e. The molecule has 4 nitrogen and oxygen atoms in total. The van der Waals surface area contributed by atoms with Gasteiger partial charge in [0.15, 0.2) is 0 Å². The Morgan fingerprint density at radius 1 is 1.13 bits per heavy atom. The summed E-state index contributed by atoms with van der Waals surface area (Å²) in [4.78, 5) is 28.5. The summed E-state index contributed by atoms with van der Waals surface area (Å²) in [6, 6.07) is 14.0. The summed E-state index contributed by atoms with van der Waals surface area (Å²) >= 11 is 1.64. The molecule has 2 amide bonds. The molecule has 0 aliphatic carbocycles. The van der Waals surface area contributed by atoms with E-state index in [1.165, 1.54) is 12.1 Å². The van der Waals surface area contributed by atoms with Gasteiger partial charge in [-0.05, 0) is 53.5 Å². The molecule has 0 saturated carbocycles. The van der Waals surface area contributed by atoms with Crippen LogP contribution in [0.5, 0.6) is 0 Å². The molecule has 1 atom stereocenters. The number of amides is 2. The van der Waals surface area contributed by atoms with Gasteiger partial charge in [0, 0.05) is 30.8 Å². The Hall–Kier alpha value is -2.34. The SMILES string of the molecule is CC(C)CC(=O)N1Cc2ccccc2CC1C(=O)NCCCSc1ccc(F)cc1. The van der Waals surface area contributed by atoms with Crippen molar-refractivity contribution in [1.29, 1.82) is 0 Å². The highest BCUT2D eigenvalue weighted by atomic mass is 32.2. The van der Waals surface area contributed by atoms with E-state index in [4.69, 9.17) is 0 Å². The van der Waals surface area contributed by atoms with E-state index in [2.05, 4.69) is 5.32 Å². The number of hydrogen-bond acceptors (Lipinski definition) is 3. The predicted octanol–water partition coefficient (Wildman–Crippen LogP) is 4.42. The number of fused-ring (bicyclic) bond motifs is 1. The zero-order valence-electron chi connectivity index (χ0n) is 17.6. The molecule has 0 spiro atoms. The van der Waals surface area contributed by atoms with Gasteiger partial charge in [-0.1, -0.05) is 38.1 Å². The van der Waals surface area contributed by atoms with Crippen molar-refractivity contribution in [3.8, 4) is 0 Å². The second-order valence-electron chi connectivity index (χ2n) is 8.06. The van der Waals surface area contributed by atoms with Crippen molar-refractivity contribution in [2.24, 2.45) is 5.92 Å². The summed E-state index contributed by atoms with van der Waals surface area (Å²) in [5.41, 5.74) is 2.26. The maximum absolute atomic E-state index is 13.0. The number of carbonyl (C=O) groups excluding carboxylic acids is 2. The van der Waals surface area contributed by atoms with Crippen LogP contribution in [0.4, 0.5) is 4.39 Å². The smallest absolute Gasteiger partial charge is 0.243 e. The third kappa shape index (κ3) is 6.08. The molecule has 1 aliphatic heterocycles. The number of benzene rings is 2. The molecule has 1 N–H and O–H groups in total. The van der Waals surface area contributed by atoms with E-state index in [0.29, 0.717) is 25.9 Å². The monoisotopic (exact) mass is 428 g/mol. The molecule has 3 rings (SSSR count). The summed E-state index contributed by atoms with van der Waals surface area (Å²) in [5.74, 6) is 0.786. The van der Waals surface area contributed by atoms with E-state index in [1.807, 2.05) is 38.1 Å². The Morgan fingerprint density at radius 2 is 1.83 bits per heavy atom. The van der Waals surface area contributed by atoms with E-state index in [0.717, 1.165) is 28.2 Å². The zero-order valence-corrected chi connectivity index (χ0v) is 18.4. The van der Waals surface area contributed by atoms with Crippen LogP contribution in [0.2, 0.25) is 0 Å². The first-order valence-corrected chi connectivity index (χ1v) is 11.4. The molecule has 0 aromatic heterocycles. The van der Waals surface area contributed by atoms with Crippen LogP contribution in [0.3, 0.4) is 0 Å². The van der Waals surface area contributed by atoms with Crippen LogP contribution in [0.15, 0.2) is 53.4 Å². The normalized spacial score (nSPS) is 15.7. The largest absolute Gasteiger partial charge is 0.354 e. The molecule has 160 valence electrons. The highest BCUT2D eigenvalue weighted by Crippen LogP contribution is 2.25. The molecule has 0 saturated heterocycles. The fraction of sp³-hybridized carbons (Fsp3) is 0.417. The molecule has 0 radical (unpaired) electrons. The third-order valence-corrected chi connectivity index (χ3v) is 6.26. The van der Waals surface area contributed by atoms with Crippen LogP contribution in [-0.2, 0) is 22.6 Å². The maximum Gasteiger partial charge on any atom is 0.243 e. The maximum atomic E-state index is 13.0. The Bertz CT molecular complexity index is 870. The van der Waals surface area contributed by atoms with Gasteiger partial charge in [0.1, 0.15) is 11.9 Å². The van der Waals surface area contributed by atoms with Crippen molar-refractivity contribution >= 4 is 23.6 Å². The van der Waals surface area contributed by atoms with E-state index in [-0.39, 0.29) is 23.5 Å². The topological polar surface area (TPSA) is 49.4 Å². The molecular formula is C24H29FN2O2S. The summed E-state index contributed by atoms with van der Waals surface area (Å²) in [7, 11) is 0. The van der Waals surface area contributed by atoms with Gasteiger partial charge >= 0.3 is 0 Å². The van der Waals surface area contributed by atoms with Gasteiger partial charge in [-0.3, -0.25) is 9.59 Å². The molecular weight excluding hydrogens is 399 g/mol. The summed E-state index contributed by atoms with van der Waals surface area (Å²) in [5, 5.41) is 3.01. The molecule has 2 aromatic rings. The van der Waals surface area contributed by atoms with Gasteiger partial charge < -0.3 is 10.2 Å². The molecule has 6 heteroatoms. The number of halogens is 1. The standard InChI is InChI=1S/C24H29FN2O2S/c1-17(2)14-23(28)27-16-19-7-4-3-6-18(19)15-22(27)24(29)26-12-5-13-30-21-10-8-20(25)9-11-21/h3-4,6-11,17,22H,5,12-16H2,1-2H3,(H,26,29). The highest BCUT2D eigenvalue weighted by Gasteiger charge is 2.34. The lowest BCUT2D eigenvalue weighted by Gasteiger charge is -2.36. The van der Waals surface area contributed by atoms with Gasteiger partial charge in [0.05, 0.1) is 0 Å². The van der Waals surface area contributed by atoms with Crippen molar-refractivity contribution < 1.29 is 14.0 Å². The van der Waals surface area contributed by atoms with Crippen molar-refractivity contribution in [3.63, 3.8) is 0 Å². The van der Waals surface area contributed by atoms with Crippen molar-refractivity contribution in [3.05, 3.63) is 65.5 Å². The molecule has 2 aromatic carbocycles. The minimum atomic E-state index is -0.462. The molecule has 0 bridgehead atoms. The third-order valence-electron chi connectivity index (χ3n) is 5.16. The number of nitrogens with zero attached hydrogens (tertiary/aromatic N) is 1. The highest BCUT2D eigenvalue weighted by molar-refractivity contribution is 7.99. The van der Waals surface area contributed by atoms with E-state index in [1.54, 1.807) is 28.8 Å². The molecule has 1 unspecified atom stereocenters. The molecule has 1 heterocycles. The van der Waals surface area contributed by atoms with Crippen LogP contribution in [0.1, 0.15) is 37.8 Å². The van der Waals surface area contributed by atoms with Crippen molar-refractivity contribution in [1.82, 2.24) is 10.2 Å². The molecule has 30 heavy (non-hydrogen) atoms. The fourth-order valence-corrected chi connectivity index (χ4v) is 4.46. The van der Waals surface area contributed by atoms with Gasteiger partial charge in [-0.15, -0.1) is 11.8 Å². The molecule has 1 aliphatic rings. The number of hydrogen-bond donors (Lipinski definition) is 1. The second-order valence-corrected chi connectivity index (χ2v) is 9.22. The molecule has 0 fully saturated rings. The van der Waals surface area contributed by atoms with Gasteiger partial charge in [-0.25, -0.2) is 4.39 Å². The van der Waals surface area contributed by atoms with Gasteiger partial charge in [0.2, 0.25) is 11.8 Å². The summed E-state index contributed by atoms with van der Waals surface area (Å²) in [6.07, 6.45) is 1.80. The Morgan fingerprint density at radius 3 is 2.53 bits per heavy atom. The predicted molar refractivity (Wildman–Crippen MR) is 119 cm³/mol. The summed E-state index contributed by atoms with van der Waals surface area (Å²) < 4.78 is 13.0. The number of carbonyl (C=O) groups is 2. The Balaban J connectivity index is 1.55. The fourth-order valence-electron chi connectivity index (χ4n) is 3.61. The number of nitrogens with one attached hydrogen (secondary N) is 1. The lowest BCUT2D eigenvalue weighted by Crippen LogP contribution is -2.52. The Labute approximate surface area is 182 Å². The van der Waals surface area contributed by atoms with Crippen molar-refractivity contribution in [2.75, 3.05) is 12.3 Å². The van der Waals surface area contributed by atoms with Crippen LogP contribution in [0.25, 0.3) is 0 Å². The van der Waals surface area contributed by atoms with E-state index < -0.39 is 6.04 Å².